The van der Waals surface area contributed by atoms with E-state index in [0.717, 1.165) is 73.6 Å². The first kappa shape index (κ1) is 58.9. The summed E-state index contributed by atoms with van der Waals surface area (Å²) < 4.78 is 11.1. The molecule has 0 unspecified atom stereocenters. The van der Waals surface area contributed by atoms with Gasteiger partial charge in [-0.3, -0.25) is 9.59 Å². The standard InChI is InChI=1S/2C32H37ClN2O4/c2*1-23-20-24(2)31(33)28-21-27(14-10-5-3-4-6-11-19-38-32(37)30(23)28)34-39-22-29(36)35-17-15-26(16-18-35)25-12-8-7-9-13-25/h2*4,6-10,12-14,20,26H,3,5,11,15-19,21-22H2,1-2H3/b6-4+,14-10+,34-27+;6-4+,14-10+,34-27-. The molecule has 4 aliphatic heterocycles. The maximum atomic E-state index is 13.0. The van der Waals surface area contributed by atoms with Gasteiger partial charge in [-0.1, -0.05) is 143 Å². The summed E-state index contributed by atoms with van der Waals surface area (Å²) in [6.07, 6.45) is 25.1. The highest BCUT2D eigenvalue weighted by molar-refractivity contribution is 6.33. The molecule has 0 bridgehead atoms. The molecule has 0 atom stereocenters. The number of aryl methyl sites for hydroxylation is 4. The van der Waals surface area contributed by atoms with E-state index in [1.165, 1.54) is 11.1 Å². The summed E-state index contributed by atoms with van der Waals surface area (Å²) in [7, 11) is 0. The first-order chi connectivity index (χ1) is 37.9. The molecule has 4 aromatic carbocycles. The van der Waals surface area contributed by atoms with Gasteiger partial charge in [0.1, 0.15) is 0 Å². The maximum Gasteiger partial charge on any atom is 0.338 e. The number of halogens is 2. The van der Waals surface area contributed by atoms with Crippen LogP contribution in [0.15, 0.2) is 132 Å². The largest absolute Gasteiger partial charge is 0.462 e. The number of carbonyl (C=O) groups excluding carboxylic acids is 4. The maximum absolute atomic E-state index is 13.0. The molecule has 2 amide bonds. The summed E-state index contributed by atoms with van der Waals surface area (Å²) in [4.78, 5) is 66.6. The average molecular weight is 1100 g/mol. The number of esters is 2. The third kappa shape index (κ3) is 17.1. The number of nitrogens with zero attached hydrogens (tertiary/aromatic N) is 4. The van der Waals surface area contributed by atoms with Crippen molar-refractivity contribution in [3.63, 3.8) is 0 Å². The van der Waals surface area contributed by atoms with E-state index >= 15 is 0 Å². The van der Waals surface area contributed by atoms with E-state index in [1.807, 2.05) is 98.2 Å². The number of ether oxygens (including phenoxy) is 2. The molecule has 0 N–H and O–H groups in total. The molecule has 4 aliphatic rings. The lowest BCUT2D eigenvalue weighted by atomic mass is 9.89. The zero-order chi connectivity index (χ0) is 55.2. The molecule has 8 rings (SSSR count). The van der Waals surface area contributed by atoms with Gasteiger partial charge in [-0.2, -0.15) is 0 Å². The lowest BCUT2D eigenvalue weighted by molar-refractivity contribution is -0.137. The van der Waals surface area contributed by atoms with Crippen molar-refractivity contribution in [2.45, 2.75) is 117 Å². The fourth-order valence-electron chi connectivity index (χ4n) is 10.4. The van der Waals surface area contributed by atoms with Gasteiger partial charge in [-0.05, 0) is 160 Å². The molecule has 0 spiro atoms. The number of piperidine rings is 2. The highest BCUT2D eigenvalue weighted by atomic mass is 35.5. The van der Waals surface area contributed by atoms with Gasteiger partial charge < -0.3 is 28.9 Å². The molecule has 14 heteroatoms. The highest BCUT2D eigenvalue weighted by Crippen LogP contribution is 2.33. The van der Waals surface area contributed by atoms with Crippen LogP contribution in [0.1, 0.15) is 141 Å². The molecule has 2 fully saturated rings. The highest BCUT2D eigenvalue weighted by Gasteiger charge is 2.27. The zero-order valence-corrected chi connectivity index (χ0v) is 47.2. The number of cyclic esters (lactones) is 2. The van der Waals surface area contributed by atoms with E-state index in [1.54, 1.807) is 0 Å². The summed E-state index contributed by atoms with van der Waals surface area (Å²) >= 11 is 13.4. The summed E-state index contributed by atoms with van der Waals surface area (Å²) in [6, 6.07) is 24.7. The minimum atomic E-state index is -0.395. The topological polar surface area (TPSA) is 136 Å². The third-order valence-electron chi connectivity index (χ3n) is 14.6. The van der Waals surface area contributed by atoms with Crippen LogP contribution in [0, 0.1) is 27.7 Å². The second kappa shape index (κ2) is 30.4. The zero-order valence-electron chi connectivity index (χ0n) is 45.7. The number of hydrogen-bond donors (Lipinski definition) is 0. The monoisotopic (exact) mass is 1100 g/mol. The van der Waals surface area contributed by atoms with E-state index in [-0.39, 0.29) is 37.9 Å². The van der Waals surface area contributed by atoms with Gasteiger partial charge in [0, 0.05) is 49.1 Å². The fourth-order valence-corrected chi connectivity index (χ4v) is 10.8. The number of carbonyl (C=O) groups is 4. The van der Waals surface area contributed by atoms with E-state index in [2.05, 4.69) is 71.0 Å². The van der Waals surface area contributed by atoms with Crippen molar-refractivity contribution in [3.8, 4) is 0 Å². The number of oxime groups is 2. The van der Waals surface area contributed by atoms with Crippen LogP contribution in [0.4, 0.5) is 0 Å². The smallest absolute Gasteiger partial charge is 0.338 e. The number of likely N-dealkylation sites (tertiary alicyclic amines) is 2. The molecule has 0 aliphatic carbocycles. The lowest BCUT2D eigenvalue weighted by Crippen LogP contribution is -2.39. The lowest BCUT2D eigenvalue weighted by Gasteiger charge is -2.32. The van der Waals surface area contributed by atoms with Crippen LogP contribution in [0.3, 0.4) is 0 Å². The molecular weight excluding hydrogens is 1020 g/mol. The third-order valence-corrected chi connectivity index (χ3v) is 15.6. The number of hydrogen-bond acceptors (Lipinski definition) is 10. The summed E-state index contributed by atoms with van der Waals surface area (Å²) in [5.41, 5.74) is 9.45. The second-order valence-corrected chi connectivity index (χ2v) is 21.1. The van der Waals surface area contributed by atoms with Gasteiger partial charge in [0.05, 0.1) is 35.8 Å². The van der Waals surface area contributed by atoms with Crippen LogP contribution in [0.2, 0.25) is 10.0 Å². The molecule has 78 heavy (non-hydrogen) atoms. The van der Waals surface area contributed by atoms with Crippen molar-refractivity contribution < 1.29 is 38.3 Å². The molecule has 0 radical (unpaired) electrons. The Morgan fingerprint density at radius 2 is 0.885 bits per heavy atom. The predicted octanol–water partition coefficient (Wildman–Crippen LogP) is 13.5. The van der Waals surface area contributed by atoms with E-state index < -0.39 is 11.9 Å². The number of allylic oxidation sites excluding steroid dienone is 6. The van der Waals surface area contributed by atoms with Gasteiger partial charge in [0.2, 0.25) is 0 Å². The normalized spacial score (nSPS) is 20.0. The van der Waals surface area contributed by atoms with Gasteiger partial charge >= 0.3 is 11.9 Å². The molecule has 412 valence electrons. The second-order valence-electron chi connectivity index (χ2n) is 20.3. The first-order valence-electron chi connectivity index (χ1n) is 27.4. The number of fused-ring (bicyclic) bond motifs is 2. The Bertz CT molecular complexity index is 2680. The van der Waals surface area contributed by atoms with Crippen molar-refractivity contribution in [2.75, 3.05) is 52.6 Å². The minimum absolute atomic E-state index is 0.0745. The Kier molecular flexibility index (Phi) is 23.0. The fraction of sp³-hybridized carbons (Fsp3) is 0.406. The van der Waals surface area contributed by atoms with E-state index in [9.17, 15) is 19.2 Å². The van der Waals surface area contributed by atoms with E-state index in [0.29, 0.717) is 108 Å². The Morgan fingerprint density at radius 1 is 0.526 bits per heavy atom. The Balaban J connectivity index is 0.000000226. The average Bonchev–Trinajstić information content (AvgIpc) is 3.45. The van der Waals surface area contributed by atoms with Crippen LogP contribution in [0.25, 0.3) is 0 Å². The van der Waals surface area contributed by atoms with Gasteiger partial charge in [0.15, 0.2) is 13.2 Å². The van der Waals surface area contributed by atoms with Crippen LogP contribution in [-0.2, 0) is 41.6 Å². The number of benzene rings is 4. The van der Waals surface area contributed by atoms with Crippen molar-refractivity contribution in [1.82, 2.24) is 9.80 Å². The molecular formula is C64H74Cl2N4O8. The van der Waals surface area contributed by atoms with Gasteiger partial charge in [0.25, 0.3) is 11.8 Å². The summed E-state index contributed by atoms with van der Waals surface area (Å²) in [5.74, 6) is 0.0135. The molecule has 0 saturated carbocycles. The SMILES string of the molecule is Cc1cc(C)c2c(c1Cl)CC(=N/OCC(=O)N1CCC(c3ccccc3)CC1)/C=C/CC/C=C/CCOC2=O.Cc1cc(C)c2c(c1Cl)CC(=N\OCC(=O)N1CCC(c3ccccc3)CC1)/C=C/CC/C=C/CCOC2=O. The van der Waals surface area contributed by atoms with Gasteiger partial charge in [-0.25, -0.2) is 9.59 Å². The molecule has 0 aromatic heterocycles. The van der Waals surface area contributed by atoms with Crippen LogP contribution in [-0.4, -0.2) is 97.6 Å². The first-order valence-corrected chi connectivity index (χ1v) is 28.2. The van der Waals surface area contributed by atoms with Crippen LogP contribution in [0.5, 0.6) is 0 Å². The Morgan fingerprint density at radius 3 is 1.27 bits per heavy atom. The van der Waals surface area contributed by atoms with Crippen LogP contribution < -0.4 is 0 Å². The van der Waals surface area contributed by atoms with Gasteiger partial charge in [-0.15, -0.1) is 0 Å². The van der Waals surface area contributed by atoms with Crippen molar-refractivity contribution in [2.24, 2.45) is 10.3 Å². The summed E-state index contributed by atoms with van der Waals surface area (Å²) in [6.45, 7) is 10.8. The minimum Gasteiger partial charge on any atom is -0.462 e. The molecule has 12 nitrogen and oxygen atoms in total. The Labute approximate surface area is 470 Å². The van der Waals surface area contributed by atoms with Crippen molar-refractivity contribution in [3.05, 3.63) is 187 Å². The number of amides is 2. The summed E-state index contributed by atoms with van der Waals surface area (Å²) in [5, 5.41) is 9.68. The Hall–Kier alpha value is -6.76. The quantitative estimate of drug-likeness (QED) is 0.0966. The predicted molar refractivity (Wildman–Crippen MR) is 311 cm³/mol. The molecule has 4 heterocycles. The number of rotatable bonds is 8. The molecule has 2 saturated heterocycles. The van der Waals surface area contributed by atoms with Crippen LogP contribution >= 0.6 is 23.2 Å². The van der Waals surface area contributed by atoms with Crippen molar-refractivity contribution >= 4 is 58.4 Å². The molecule has 4 aromatic rings. The van der Waals surface area contributed by atoms with E-state index in [4.69, 9.17) is 42.4 Å². The van der Waals surface area contributed by atoms with Crippen molar-refractivity contribution in [1.29, 1.82) is 0 Å².